The molecule has 2 atom stereocenters. The van der Waals surface area contributed by atoms with Crippen LogP contribution in [0.1, 0.15) is 41.2 Å². The second-order valence-electron chi connectivity index (χ2n) is 9.33. The second kappa shape index (κ2) is 9.35. The maximum Gasteiger partial charge on any atom is 0.261 e. The zero-order valence-electron chi connectivity index (χ0n) is 19.8. The Morgan fingerprint density at radius 3 is 2.81 bits per heavy atom. The summed E-state index contributed by atoms with van der Waals surface area (Å²) in [6.45, 7) is 2.64. The Kier molecular flexibility index (Phi) is 6.22. The Morgan fingerprint density at radius 2 is 2.08 bits per heavy atom. The van der Waals surface area contributed by atoms with Gasteiger partial charge in [0.1, 0.15) is 5.39 Å². The molecule has 2 N–H and O–H groups in total. The molecule has 36 heavy (non-hydrogen) atoms. The van der Waals surface area contributed by atoms with Crippen LogP contribution in [0.25, 0.3) is 10.9 Å². The second-order valence-corrected chi connectivity index (χ2v) is 9.33. The lowest BCUT2D eigenvalue weighted by molar-refractivity contribution is -0.0494. The fourth-order valence-electron chi connectivity index (χ4n) is 4.88. The number of pyridine rings is 1. The Bertz CT molecular complexity index is 1400. The van der Waals surface area contributed by atoms with Crippen molar-refractivity contribution in [2.24, 2.45) is 5.92 Å². The first-order chi connectivity index (χ1) is 17.3. The highest BCUT2D eigenvalue weighted by Gasteiger charge is 2.36. The van der Waals surface area contributed by atoms with Crippen molar-refractivity contribution in [1.29, 1.82) is 5.26 Å². The van der Waals surface area contributed by atoms with Crippen LogP contribution in [-0.2, 0) is 4.74 Å². The number of hydrogen-bond donors (Lipinski definition) is 2. The predicted octanol–water partition coefficient (Wildman–Crippen LogP) is 3.75. The van der Waals surface area contributed by atoms with Gasteiger partial charge >= 0.3 is 0 Å². The van der Waals surface area contributed by atoms with Crippen molar-refractivity contribution >= 4 is 28.3 Å². The summed E-state index contributed by atoms with van der Waals surface area (Å²) >= 11 is 0. The molecule has 2 aromatic heterocycles. The molecule has 0 saturated carbocycles. The quantitative estimate of drug-likeness (QED) is 0.568. The number of amides is 1. The average molecular weight is 497 g/mol. The number of hydrogen-bond acceptors (Lipinski definition) is 6. The normalized spacial score (nSPS) is 21.8. The van der Waals surface area contributed by atoms with Gasteiger partial charge in [0.25, 0.3) is 17.4 Å². The lowest BCUT2D eigenvalue weighted by Crippen LogP contribution is -2.42. The molecule has 11 heteroatoms. The molecule has 2 aliphatic rings. The molecular formula is C25H26F2N6O3. The van der Waals surface area contributed by atoms with Gasteiger partial charge in [-0.1, -0.05) is 0 Å². The van der Waals surface area contributed by atoms with E-state index in [1.54, 1.807) is 42.1 Å². The highest BCUT2D eigenvalue weighted by Crippen LogP contribution is 2.33. The van der Waals surface area contributed by atoms with E-state index in [9.17, 15) is 23.6 Å². The third kappa shape index (κ3) is 4.44. The van der Waals surface area contributed by atoms with Gasteiger partial charge in [0.15, 0.2) is 5.82 Å². The van der Waals surface area contributed by atoms with Gasteiger partial charge in [0.05, 0.1) is 30.2 Å². The largest absolute Gasteiger partial charge is 0.379 e. The molecule has 4 heterocycles. The molecule has 188 valence electrons. The number of nitrogens with zero attached hydrogens (tertiary/aromatic N) is 4. The number of aryl methyl sites for hydroxylation is 1. The van der Waals surface area contributed by atoms with Gasteiger partial charge in [-0.05, 0) is 43.2 Å². The first-order valence-corrected chi connectivity index (χ1v) is 11.9. The summed E-state index contributed by atoms with van der Waals surface area (Å²) in [5, 5.41) is 17.8. The van der Waals surface area contributed by atoms with Gasteiger partial charge in [-0.25, -0.2) is 8.78 Å². The Hall–Kier alpha value is -3.78. The molecule has 2 aliphatic heterocycles. The lowest BCUT2D eigenvalue weighted by Gasteiger charge is -2.32. The number of ether oxygens (including phenoxy) is 1. The molecule has 3 aromatic rings. The fraction of sp³-hybridized carbons (Fsp3) is 0.440. The number of alkyl halides is 2. The van der Waals surface area contributed by atoms with Gasteiger partial charge in [-0.15, -0.1) is 0 Å². The number of nitriles is 1. The first kappa shape index (κ1) is 23.9. The number of halogens is 2. The smallest absolute Gasteiger partial charge is 0.261 e. The number of aromatic amines is 1. The first-order valence-electron chi connectivity index (χ1n) is 11.9. The summed E-state index contributed by atoms with van der Waals surface area (Å²) in [6, 6.07) is 8.84. The number of carbonyl (C=O) groups is 1. The van der Waals surface area contributed by atoms with Crippen LogP contribution in [0.2, 0.25) is 0 Å². The van der Waals surface area contributed by atoms with Gasteiger partial charge in [-0.2, -0.15) is 10.4 Å². The molecular weight excluding hydrogens is 470 g/mol. The third-order valence-electron chi connectivity index (χ3n) is 6.94. The molecule has 2 saturated heterocycles. The number of rotatable bonds is 4. The topological polar surface area (TPSA) is 116 Å². The van der Waals surface area contributed by atoms with E-state index in [4.69, 9.17) is 4.74 Å². The number of likely N-dealkylation sites (tertiary alicyclic amines) is 1. The standard InChI is InChI=1S/C25H26F2N6O3/c1-15-12-17(2-3-18(15)24(35)32-9-6-25(26,27)7-10-32)30-22-21-19(4-8-29-23(21)34)33(31-22)20-14-36-11-5-16(20)13-28/h2-4,8,12,16,20H,5-7,9-11,14H2,1H3,(H,29,34)(H,30,31). The molecule has 0 aliphatic carbocycles. The van der Waals surface area contributed by atoms with E-state index in [0.29, 0.717) is 53.2 Å². The molecule has 5 rings (SSSR count). The Balaban J connectivity index is 1.43. The lowest BCUT2D eigenvalue weighted by atomic mass is 9.96. The number of nitrogens with one attached hydrogen (secondary N) is 2. The maximum atomic E-state index is 13.5. The molecule has 0 radical (unpaired) electrons. The molecule has 2 unspecified atom stereocenters. The van der Waals surface area contributed by atoms with Gasteiger partial charge in [-0.3, -0.25) is 14.3 Å². The van der Waals surface area contributed by atoms with Crippen LogP contribution >= 0.6 is 0 Å². The van der Waals surface area contributed by atoms with E-state index in [1.807, 2.05) is 0 Å². The molecule has 1 aromatic carbocycles. The fourth-order valence-corrected chi connectivity index (χ4v) is 4.88. The van der Waals surface area contributed by atoms with Crippen molar-refractivity contribution in [2.45, 2.75) is 38.2 Å². The van der Waals surface area contributed by atoms with E-state index in [-0.39, 0.29) is 49.4 Å². The predicted molar refractivity (Wildman–Crippen MR) is 128 cm³/mol. The van der Waals surface area contributed by atoms with Crippen LogP contribution < -0.4 is 10.9 Å². The molecule has 0 bridgehead atoms. The Morgan fingerprint density at radius 1 is 1.31 bits per heavy atom. The molecule has 2 fully saturated rings. The summed E-state index contributed by atoms with van der Waals surface area (Å²) in [5.74, 6) is -2.97. The van der Waals surface area contributed by atoms with E-state index < -0.39 is 5.92 Å². The van der Waals surface area contributed by atoms with Crippen molar-refractivity contribution in [1.82, 2.24) is 19.7 Å². The third-order valence-corrected chi connectivity index (χ3v) is 6.94. The van der Waals surface area contributed by atoms with Crippen LogP contribution in [0.3, 0.4) is 0 Å². The molecule has 0 spiro atoms. The summed E-state index contributed by atoms with van der Waals surface area (Å²) in [4.78, 5) is 29.8. The summed E-state index contributed by atoms with van der Waals surface area (Å²) in [5.41, 5.74) is 1.99. The highest BCUT2D eigenvalue weighted by molar-refractivity contribution is 5.96. The van der Waals surface area contributed by atoms with Crippen LogP contribution in [-0.4, -0.2) is 57.8 Å². The van der Waals surface area contributed by atoms with Crippen molar-refractivity contribution < 1.29 is 18.3 Å². The summed E-state index contributed by atoms with van der Waals surface area (Å²) in [6.07, 6.45) is 1.46. The number of aromatic nitrogens is 3. The number of benzene rings is 1. The van der Waals surface area contributed by atoms with Crippen LogP contribution in [0, 0.1) is 24.2 Å². The number of piperidine rings is 1. The minimum absolute atomic E-state index is 0.0199. The van der Waals surface area contributed by atoms with Crippen molar-refractivity contribution in [2.75, 3.05) is 31.6 Å². The minimum Gasteiger partial charge on any atom is -0.379 e. The monoisotopic (exact) mass is 496 g/mol. The highest BCUT2D eigenvalue weighted by atomic mass is 19.3. The van der Waals surface area contributed by atoms with E-state index in [2.05, 4.69) is 21.5 Å². The van der Waals surface area contributed by atoms with E-state index in [0.717, 1.165) is 0 Å². The van der Waals surface area contributed by atoms with Gasteiger partial charge in [0.2, 0.25) is 0 Å². The van der Waals surface area contributed by atoms with Gasteiger partial charge in [0, 0.05) is 50.0 Å². The SMILES string of the molecule is Cc1cc(Nc2nn(C3COCCC3C#N)c3cc[nH]c(=O)c23)ccc1C(=O)N1CCC(F)(F)CC1. The van der Waals surface area contributed by atoms with Crippen molar-refractivity contribution in [3.63, 3.8) is 0 Å². The van der Waals surface area contributed by atoms with E-state index >= 15 is 0 Å². The zero-order chi connectivity index (χ0) is 25.4. The number of anilines is 2. The summed E-state index contributed by atoms with van der Waals surface area (Å²) in [7, 11) is 0. The van der Waals surface area contributed by atoms with Crippen LogP contribution in [0.4, 0.5) is 20.3 Å². The van der Waals surface area contributed by atoms with Crippen LogP contribution in [0.5, 0.6) is 0 Å². The summed E-state index contributed by atoms with van der Waals surface area (Å²) < 4.78 is 34.2. The molecule has 9 nitrogen and oxygen atoms in total. The van der Waals surface area contributed by atoms with E-state index in [1.165, 1.54) is 4.90 Å². The molecule has 1 amide bonds. The zero-order valence-corrected chi connectivity index (χ0v) is 19.8. The maximum absolute atomic E-state index is 13.5. The number of carbonyl (C=O) groups excluding carboxylic acids is 1. The van der Waals surface area contributed by atoms with Crippen LogP contribution in [0.15, 0.2) is 35.3 Å². The Labute approximate surface area is 205 Å². The average Bonchev–Trinajstić information content (AvgIpc) is 3.23. The van der Waals surface area contributed by atoms with Crippen molar-refractivity contribution in [3.05, 3.63) is 51.9 Å². The minimum atomic E-state index is -2.72. The van der Waals surface area contributed by atoms with Gasteiger partial charge < -0.3 is 19.9 Å². The van der Waals surface area contributed by atoms with Crippen molar-refractivity contribution in [3.8, 4) is 6.07 Å². The number of H-pyrrole nitrogens is 1. The number of fused-ring (bicyclic) bond motifs is 1.